The molecule has 0 fully saturated rings. The third-order valence-corrected chi connectivity index (χ3v) is 2.59. The fourth-order valence-corrected chi connectivity index (χ4v) is 1.54. The molecule has 0 unspecified atom stereocenters. The van der Waals surface area contributed by atoms with Crippen LogP contribution in [0.3, 0.4) is 0 Å². The summed E-state index contributed by atoms with van der Waals surface area (Å²) in [6.07, 6.45) is 2.37. The van der Waals surface area contributed by atoms with Crippen molar-refractivity contribution in [3.8, 4) is 0 Å². The van der Waals surface area contributed by atoms with Crippen LogP contribution in [0.5, 0.6) is 0 Å². The first-order chi connectivity index (χ1) is 6.54. The van der Waals surface area contributed by atoms with E-state index in [9.17, 15) is 4.79 Å². The molecule has 0 aromatic heterocycles. The lowest BCUT2D eigenvalue weighted by Gasteiger charge is -2.09. The van der Waals surface area contributed by atoms with E-state index in [4.69, 9.17) is 5.73 Å². The lowest BCUT2D eigenvalue weighted by atomic mass is 9.97. The number of hydrogen-bond donors (Lipinski definition) is 1. The summed E-state index contributed by atoms with van der Waals surface area (Å²) < 4.78 is 0. The maximum Gasteiger partial charge on any atom is 0.217 e. The van der Waals surface area contributed by atoms with Crippen molar-refractivity contribution in [2.45, 2.75) is 33.2 Å². The van der Waals surface area contributed by atoms with Crippen molar-refractivity contribution in [2.24, 2.45) is 5.73 Å². The number of hydrogen-bond acceptors (Lipinski definition) is 2. The van der Waals surface area contributed by atoms with Gasteiger partial charge in [0, 0.05) is 0 Å². The van der Waals surface area contributed by atoms with Crippen LogP contribution in [-0.4, -0.2) is 12.3 Å². The SMILES string of the molecule is Cc1cc(C[C@H](N)[C]=O)cc(C)c1C. The smallest absolute Gasteiger partial charge is 0.217 e. The quantitative estimate of drug-likeness (QED) is 0.786. The molecule has 2 heteroatoms. The first-order valence-electron chi connectivity index (χ1n) is 4.74. The van der Waals surface area contributed by atoms with Gasteiger partial charge in [0.2, 0.25) is 6.29 Å². The standard InChI is InChI=1S/C12H16NO/c1-8-4-11(6-12(13)7-14)5-9(2)10(8)3/h4-5,12H,6,13H2,1-3H3/t12-/m0/s1. The Morgan fingerprint density at radius 1 is 1.29 bits per heavy atom. The summed E-state index contributed by atoms with van der Waals surface area (Å²) in [6.45, 7) is 6.24. The van der Waals surface area contributed by atoms with Crippen LogP contribution in [0.2, 0.25) is 0 Å². The Balaban J connectivity index is 2.95. The lowest BCUT2D eigenvalue weighted by molar-refractivity contribution is 0.541. The fourth-order valence-electron chi connectivity index (χ4n) is 1.54. The van der Waals surface area contributed by atoms with E-state index >= 15 is 0 Å². The van der Waals surface area contributed by atoms with E-state index in [0.717, 1.165) is 5.56 Å². The Labute approximate surface area is 85.1 Å². The largest absolute Gasteiger partial charge is 0.321 e. The minimum absolute atomic E-state index is 0.503. The zero-order chi connectivity index (χ0) is 10.7. The molecule has 0 aliphatic heterocycles. The maximum absolute atomic E-state index is 10.3. The molecule has 0 amide bonds. The highest BCUT2D eigenvalue weighted by molar-refractivity contribution is 5.59. The predicted molar refractivity (Wildman–Crippen MR) is 58.0 cm³/mol. The van der Waals surface area contributed by atoms with Gasteiger partial charge >= 0.3 is 0 Å². The van der Waals surface area contributed by atoms with Crippen molar-refractivity contribution in [1.82, 2.24) is 0 Å². The highest BCUT2D eigenvalue weighted by Crippen LogP contribution is 2.16. The molecule has 1 radical (unpaired) electrons. The zero-order valence-corrected chi connectivity index (χ0v) is 8.92. The predicted octanol–water partition coefficient (Wildman–Crippen LogP) is 1.59. The van der Waals surface area contributed by atoms with Crippen molar-refractivity contribution < 1.29 is 4.79 Å². The normalized spacial score (nSPS) is 12.6. The van der Waals surface area contributed by atoms with E-state index in [-0.39, 0.29) is 0 Å². The molecular weight excluding hydrogens is 174 g/mol. The highest BCUT2D eigenvalue weighted by Gasteiger charge is 2.05. The monoisotopic (exact) mass is 190 g/mol. The van der Waals surface area contributed by atoms with Gasteiger partial charge in [-0.3, -0.25) is 4.79 Å². The van der Waals surface area contributed by atoms with E-state index in [1.807, 2.05) is 0 Å². The number of nitrogens with two attached hydrogens (primary N) is 1. The van der Waals surface area contributed by atoms with Gasteiger partial charge in [-0.1, -0.05) is 12.1 Å². The second-order valence-corrected chi connectivity index (χ2v) is 3.78. The summed E-state index contributed by atoms with van der Waals surface area (Å²) in [6, 6.07) is 3.66. The van der Waals surface area contributed by atoms with Gasteiger partial charge < -0.3 is 5.73 Å². The van der Waals surface area contributed by atoms with Gasteiger partial charge in [0.15, 0.2) is 0 Å². The van der Waals surface area contributed by atoms with Crippen LogP contribution >= 0.6 is 0 Å². The molecule has 1 aromatic rings. The molecule has 2 nitrogen and oxygen atoms in total. The van der Waals surface area contributed by atoms with Crippen molar-refractivity contribution in [3.05, 3.63) is 34.4 Å². The van der Waals surface area contributed by atoms with E-state index in [2.05, 4.69) is 32.9 Å². The molecule has 1 atom stereocenters. The number of carbonyl (C=O) groups excluding carboxylic acids is 1. The minimum atomic E-state index is -0.503. The minimum Gasteiger partial charge on any atom is -0.321 e. The molecule has 0 bridgehead atoms. The topological polar surface area (TPSA) is 43.1 Å². The lowest BCUT2D eigenvalue weighted by Crippen LogP contribution is -2.24. The van der Waals surface area contributed by atoms with Crippen LogP contribution in [0.4, 0.5) is 0 Å². The number of aryl methyl sites for hydroxylation is 2. The molecular formula is C12H16NO. The molecule has 0 saturated heterocycles. The van der Waals surface area contributed by atoms with Crippen LogP contribution in [0.25, 0.3) is 0 Å². The number of benzene rings is 1. The second kappa shape index (κ2) is 4.38. The third-order valence-electron chi connectivity index (χ3n) is 2.59. The van der Waals surface area contributed by atoms with Crippen molar-refractivity contribution in [2.75, 3.05) is 0 Å². The Morgan fingerprint density at radius 2 is 1.79 bits per heavy atom. The maximum atomic E-state index is 10.3. The van der Waals surface area contributed by atoms with Crippen molar-refractivity contribution in [1.29, 1.82) is 0 Å². The summed E-state index contributed by atoms with van der Waals surface area (Å²) in [7, 11) is 0. The molecule has 0 spiro atoms. The van der Waals surface area contributed by atoms with Gasteiger partial charge in [-0.05, 0) is 49.4 Å². The van der Waals surface area contributed by atoms with E-state index < -0.39 is 6.04 Å². The Bertz CT molecular complexity index is 321. The Morgan fingerprint density at radius 3 is 2.21 bits per heavy atom. The first kappa shape index (κ1) is 10.9. The fraction of sp³-hybridized carbons (Fsp3) is 0.417. The van der Waals surface area contributed by atoms with Gasteiger partial charge in [-0.15, -0.1) is 0 Å². The summed E-state index contributed by atoms with van der Waals surface area (Å²) in [5, 5.41) is 0. The second-order valence-electron chi connectivity index (χ2n) is 3.78. The Hall–Kier alpha value is -1.15. The van der Waals surface area contributed by atoms with Crippen LogP contribution in [0, 0.1) is 20.8 Å². The molecule has 0 saturated carbocycles. The summed E-state index contributed by atoms with van der Waals surface area (Å²) >= 11 is 0. The molecule has 1 rings (SSSR count). The summed E-state index contributed by atoms with van der Waals surface area (Å²) in [5.74, 6) is 0. The highest BCUT2D eigenvalue weighted by atomic mass is 16.1. The summed E-state index contributed by atoms with van der Waals surface area (Å²) in [5.41, 5.74) is 10.4. The van der Waals surface area contributed by atoms with Crippen molar-refractivity contribution >= 4 is 6.29 Å². The van der Waals surface area contributed by atoms with Crippen LogP contribution in [0.15, 0.2) is 12.1 Å². The van der Waals surface area contributed by atoms with Gasteiger partial charge in [0.1, 0.15) is 0 Å². The van der Waals surface area contributed by atoms with Crippen LogP contribution in [0.1, 0.15) is 22.3 Å². The van der Waals surface area contributed by atoms with Crippen molar-refractivity contribution in [3.63, 3.8) is 0 Å². The Kier molecular flexibility index (Phi) is 3.42. The first-order valence-corrected chi connectivity index (χ1v) is 4.74. The molecule has 0 aliphatic carbocycles. The third kappa shape index (κ3) is 2.42. The van der Waals surface area contributed by atoms with E-state index in [1.165, 1.54) is 16.7 Å². The molecule has 1 aromatic carbocycles. The zero-order valence-electron chi connectivity index (χ0n) is 8.92. The number of rotatable bonds is 3. The molecule has 14 heavy (non-hydrogen) atoms. The average Bonchev–Trinajstić information content (AvgIpc) is 2.14. The van der Waals surface area contributed by atoms with Gasteiger partial charge in [0.05, 0.1) is 6.04 Å². The van der Waals surface area contributed by atoms with Gasteiger partial charge in [-0.2, -0.15) is 0 Å². The summed E-state index contributed by atoms with van der Waals surface area (Å²) in [4.78, 5) is 10.3. The van der Waals surface area contributed by atoms with Gasteiger partial charge in [0.25, 0.3) is 0 Å². The molecule has 0 heterocycles. The van der Waals surface area contributed by atoms with Gasteiger partial charge in [-0.25, -0.2) is 0 Å². The van der Waals surface area contributed by atoms with Crippen LogP contribution < -0.4 is 5.73 Å². The average molecular weight is 190 g/mol. The van der Waals surface area contributed by atoms with E-state index in [0.29, 0.717) is 6.42 Å². The molecule has 75 valence electrons. The van der Waals surface area contributed by atoms with Crippen LogP contribution in [-0.2, 0) is 11.2 Å². The molecule has 0 aliphatic rings. The van der Waals surface area contributed by atoms with E-state index in [1.54, 1.807) is 6.29 Å². The molecule has 2 N–H and O–H groups in total.